The Morgan fingerprint density at radius 2 is 1.95 bits per heavy atom. The van der Waals surface area contributed by atoms with Crippen LogP contribution in [-0.4, -0.2) is 16.2 Å². The third kappa shape index (κ3) is 2.56. The van der Waals surface area contributed by atoms with Gasteiger partial charge in [0.2, 0.25) is 0 Å². The van der Waals surface area contributed by atoms with Crippen LogP contribution in [0.15, 0.2) is 36.5 Å². The zero-order chi connectivity index (χ0) is 15.3. The van der Waals surface area contributed by atoms with Gasteiger partial charge in [0, 0.05) is 23.5 Å². The van der Waals surface area contributed by atoms with Gasteiger partial charge < -0.3 is 10.5 Å². The van der Waals surface area contributed by atoms with Crippen LogP contribution < -0.4 is 5.73 Å². The van der Waals surface area contributed by atoms with Crippen molar-refractivity contribution >= 4 is 10.9 Å². The average molecular weight is 284 g/mol. The highest BCUT2D eigenvalue weighted by Gasteiger charge is 2.48. The fourth-order valence-electron chi connectivity index (χ4n) is 3.80. The Morgan fingerprint density at radius 3 is 2.62 bits per heavy atom. The Kier molecular flexibility index (Phi) is 3.30. The minimum absolute atomic E-state index is 0.0466. The van der Waals surface area contributed by atoms with E-state index in [0.717, 1.165) is 17.3 Å². The second kappa shape index (κ2) is 4.79. The molecule has 1 aliphatic heterocycles. The SMILES string of the molecule is CC1(C)CC(C(N)c2cccc3ncccc23)C(C)(C)O1. The smallest absolute Gasteiger partial charge is 0.0705 e. The summed E-state index contributed by atoms with van der Waals surface area (Å²) in [7, 11) is 0. The topological polar surface area (TPSA) is 48.1 Å². The van der Waals surface area contributed by atoms with Crippen LogP contribution in [0.1, 0.15) is 45.7 Å². The van der Waals surface area contributed by atoms with Crippen LogP contribution in [0.4, 0.5) is 0 Å². The number of aromatic nitrogens is 1. The molecule has 3 rings (SSSR count). The van der Waals surface area contributed by atoms with E-state index in [4.69, 9.17) is 10.5 Å². The molecule has 21 heavy (non-hydrogen) atoms. The van der Waals surface area contributed by atoms with Gasteiger partial charge in [-0.3, -0.25) is 4.98 Å². The quantitative estimate of drug-likeness (QED) is 0.911. The van der Waals surface area contributed by atoms with E-state index in [1.807, 2.05) is 24.4 Å². The Morgan fingerprint density at radius 1 is 1.19 bits per heavy atom. The average Bonchev–Trinajstić information content (AvgIpc) is 2.65. The van der Waals surface area contributed by atoms with Gasteiger partial charge in [0.05, 0.1) is 16.7 Å². The minimum Gasteiger partial charge on any atom is -0.369 e. The number of benzene rings is 1. The fraction of sp³-hybridized carbons (Fsp3) is 0.500. The van der Waals surface area contributed by atoms with E-state index in [0.29, 0.717) is 5.92 Å². The number of ether oxygens (including phenoxy) is 1. The van der Waals surface area contributed by atoms with E-state index >= 15 is 0 Å². The van der Waals surface area contributed by atoms with Crippen molar-refractivity contribution < 1.29 is 4.74 Å². The molecule has 0 amide bonds. The zero-order valence-electron chi connectivity index (χ0n) is 13.3. The van der Waals surface area contributed by atoms with Crippen molar-refractivity contribution in [3.63, 3.8) is 0 Å². The molecular weight excluding hydrogens is 260 g/mol. The first-order valence-corrected chi connectivity index (χ1v) is 7.60. The van der Waals surface area contributed by atoms with Crippen LogP contribution in [0.5, 0.6) is 0 Å². The fourth-order valence-corrected chi connectivity index (χ4v) is 3.80. The van der Waals surface area contributed by atoms with Crippen molar-refractivity contribution in [2.45, 2.75) is 51.4 Å². The van der Waals surface area contributed by atoms with Gasteiger partial charge in [0.15, 0.2) is 0 Å². The molecule has 1 aliphatic rings. The summed E-state index contributed by atoms with van der Waals surface area (Å²) >= 11 is 0. The van der Waals surface area contributed by atoms with Gasteiger partial charge in [0.1, 0.15) is 0 Å². The van der Waals surface area contributed by atoms with Crippen LogP contribution in [0.3, 0.4) is 0 Å². The highest BCUT2D eigenvalue weighted by atomic mass is 16.5. The lowest BCUT2D eigenvalue weighted by Crippen LogP contribution is -2.35. The molecule has 0 saturated carbocycles. The van der Waals surface area contributed by atoms with Gasteiger partial charge in [0.25, 0.3) is 0 Å². The number of nitrogens with zero attached hydrogens (tertiary/aromatic N) is 1. The summed E-state index contributed by atoms with van der Waals surface area (Å²) in [5.74, 6) is 0.290. The number of hydrogen-bond acceptors (Lipinski definition) is 3. The lowest BCUT2D eigenvalue weighted by molar-refractivity contribution is -0.0766. The van der Waals surface area contributed by atoms with Crippen LogP contribution in [-0.2, 0) is 4.74 Å². The summed E-state index contributed by atoms with van der Waals surface area (Å²) in [6.45, 7) is 8.59. The number of rotatable bonds is 2. The third-order valence-corrected chi connectivity index (χ3v) is 4.62. The molecule has 2 unspecified atom stereocenters. The Labute approximate surface area is 126 Å². The molecular formula is C18H24N2O. The largest absolute Gasteiger partial charge is 0.369 e. The standard InChI is InChI=1S/C18H24N2O/c1-17(2)11-14(18(3,4)21-17)16(19)13-7-5-9-15-12(13)8-6-10-20-15/h5-10,14,16H,11,19H2,1-4H3. The molecule has 1 saturated heterocycles. The van der Waals surface area contributed by atoms with Crippen molar-refractivity contribution in [3.8, 4) is 0 Å². The van der Waals surface area contributed by atoms with E-state index in [1.165, 1.54) is 5.56 Å². The number of fused-ring (bicyclic) bond motifs is 1. The molecule has 0 aliphatic carbocycles. The highest BCUT2D eigenvalue weighted by Crippen LogP contribution is 2.47. The van der Waals surface area contributed by atoms with Crippen molar-refractivity contribution in [1.82, 2.24) is 4.98 Å². The van der Waals surface area contributed by atoms with E-state index in [1.54, 1.807) is 0 Å². The van der Waals surface area contributed by atoms with E-state index in [9.17, 15) is 0 Å². The summed E-state index contributed by atoms with van der Waals surface area (Å²) in [5, 5.41) is 1.15. The summed E-state index contributed by atoms with van der Waals surface area (Å²) in [5.41, 5.74) is 8.49. The first-order valence-electron chi connectivity index (χ1n) is 7.60. The van der Waals surface area contributed by atoms with Gasteiger partial charge in [-0.25, -0.2) is 0 Å². The number of pyridine rings is 1. The van der Waals surface area contributed by atoms with Crippen LogP contribution in [0.2, 0.25) is 0 Å². The molecule has 0 bridgehead atoms. The number of hydrogen-bond donors (Lipinski definition) is 1. The van der Waals surface area contributed by atoms with Crippen LogP contribution in [0, 0.1) is 5.92 Å². The van der Waals surface area contributed by atoms with Crippen LogP contribution in [0.25, 0.3) is 10.9 Å². The summed E-state index contributed by atoms with van der Waals surface area (Å²) in [6.07, 6.45) is 2.79. The second-order valence-corrected chi connectivity index (χ2v) is 7.22. The summed E-state index contributed by atoms with van der Waals surface area (Å²) in [6, 6.07) is 10.2. The molecule has 2 heterocycles. The van der Waals surface area contributed by atoms with Crippen molar-refractivity contribution in [3.05, 3.63) is 42.1 Å². The van der Waals surface area contributed by atoms with Gasteiger partial charge in [-0.15, -0.1) is 0 Å². The second-order valence-electron chi connectivity index (χ2n) is 7.22. The molecule has 1 aromatic carbocycles. The minimum atomic E-state index is -0.215. The van der Waals surface area contributed by atoms with Crippen molar-refractivity contribution in [2.75, 3.05) is 0 Å². The number of nitrogens with two attached hydrogens (primary N) is 1. The summed E-state index contributed by atoms with van der Waals surface area (Å²) in [4.78, 5) is 4.43. The first kappa shape index (κ1) is 14.5. The summed E-state index contributed by atoms with van der Waals surface area (Å²) < 4.78 is 6.21. The molecule has 1 fully saturated rings. The maximum absolute atomic E-state index is 6.66. The third-order valence-electron chi connectivity index (χ3n) is 4.62. The van der Waals surface area contributed by atoms with Crippen LogP contribution >= 0.6 is 0 Å². The molecule has 0 spiro atoms. The first-order chi connectivity index (χ1) is 9.80. The molecule has 3 heteroatoms. The molecule has 112 valence electrons. The maximum Gasteiger partial charge on any atom is 0.0705 e. The molecule has 0 radical (unpaired) electrons. The van der Waals surface area contributed by atoms with E-state index < -0.39 is 0 Å². The van der Waals surface area contributed by atoms with Gasteiger partial charge in [-0.1, -0.05) is 18.2 Å². The zero-order valence-corrected chi connectivity index (χ0v) is 13.3. The Bertz CT molecular complexity index is 658. The molecule has 3 nitrogen and oxygen atoms in total. The Hall–Kier alpha value is -1.45. The lowest BCUT2D eigenvalue weighted by atomic mass is 9.78. The van der Waals surface area contributed by atoms with Crippen molar-refractivity contribution in [1.29, 1.82) is 0 Å². The lowest BCUT2D eigenvalue weighted by Gasteiger charge is -2.31. The molecule has 2 atom stereocenters. The molecule has 2 aromatic rings. The van der Waals surface area contributed by atoms with Gasteiger partial charge >= 0.3 is 0 Å². The maximum atomic E-state index is 6.66. The monoisotopic (exact) mass is 284 g/mol. The van der Waals surface area contributed by atoms with Crippen molar-refractivity contribution in [2.24, 2.45) is 11.7 Å². The van der Waals surface area contributed by atoms with E-state index in [2.05, 4.69) is 44.8 Å². The van der Waals surface area contributed by atoms with E-state index in [-0.39, 0.29) is 17.2 Å². The van der Waals surface area contributed by atoms with Gasteiger partial charge in [-0.2, -0.15) is 0 Å². The normalized spacial score (nSPS) is 25.1. The Balaban J connectivity index is 2.03. The highest BCUT2D eigenvalue weighted by molar-refractivity contribution is 5.82. The molecule has 2 N–H and O–H groups in total. The predicted octanol–water partition coefficient (Wildman–Crippen LogP) is 3.83. The predicted molar refractivity (Wildman–Crippen MR) is 86.0 cm³/mol. The van der Waals surface area contributed by atoms with Gasteiger partial charge in [-0.05, 0) is 51.8 Å². The molecule has 1 aromatic heterocycles.